The molecule has 0 atom stereocenters. The molecule has 0 unspecified atom stereocenters. The minimum Gasteiger partial charge on any atom is -0.393 e. The minimum atomic E-state index is -0.176. The first kappa shape index (κ1) is 12.4. The van der Waals surface area contributed by atoms with Gasteiger partial charge in [-0.25, -0.2) is 0 Å². The lowest BCUT2D eigenvalue weighted by molar-refractivity contribution is 0.0420. The van der Waals surface area contributed by atoms with Crippen molar-refractivity contribution < 1.29 is 9.90 Å². The molecule has 1 aromatic rings. The number of nitrogens with one attached hydrogen (secondary N) is 1. The highest BCUT2D eigenvalue weighted by Crippen LogP contribution is 2.26. The summed E-state index contributed by atoms with van der Waals surface area (Å²) >= 11 is 5.90. The van der Waals surface area contributed by atoms with Crippen LogP contribution in [0.25, 0.3) is 0 Å². The summed E-state index contributed by atoms with van der Waals surface area (Å²) in [6.45, 7) is 2.53. The summed E-state index contributed by atoms with van der Waals surface area (Å²) in [7, 11) is 0. The number of aryl methyl sites for hydroxylation is 1. The third-order valence-corrected chi connectivity index (χ3v) is 3.28. The van der Waals surface area contributed by atoms with Crippen LogP contribution in [0.3, 0.4) is 0 Å². The van der Waals surface area contributed by atoms with Crippen LogP contribution >= 0.6 is 11.6 Å². The van der Waals surface area contributed by atoms with Crippen molar-refractivity contribution >= 4 is 17.5 Å². The number of halogens is 1. The van der Waals surface area contributed by atoms with E-state index in [-0.39, 0.29) is 12.0 Å². The number of amides is 1. The molecule has 2 N–H and O–H groups in total. The number of rotatable bonds is 3. The van der Waals surface area contributed by atoms with Gasteiger partial charge in [0.1, 0.15) is 0 Å². The Kier molecular flexibility index (Phi) is 3.69. The van der Waals surface area contributed by atoms with Crippen LogP contribution in [-0.4, -0.2) is 23.7 Å². The smallest absolute Gasteiger partial charge is 0.251 e. The van der Waals surface area contributed by atoms with Gasteiger partial charge in [-0.3, -0.25) is 4.79 Å². The SMILES string of the molecule is Cc1cc(Cl)cc(C(=O)NCC2CC(O)C2)c1. The molecule has 0 radical (unpaired) electrons. The van der Waals surface area contributed by atoms with Gasteiger partial charge in [-0.1, -0.05) is 11.6 Å². The van der Waals surface area contributed by atoms with Gasteiger partial charge in [-0.05, 0) is 49.4 Å². The molecule has 17 heavy (non-hydrogen) atoms. The van der Waals surface area contributed by atoms with Crippen LogP contribution in [-0.2, 0) is 0 Å². The van der Waals surface area contributed by atoms with E-state index in [0.29, 0.717) is 23.0 Å². The Morgan fingerprint density at radius 2 is 2.18 bits per heavy atom. The van der Waals surface area contributed by atoms with E-state index in [0.717, 1.165) is 18.4 Å². The Balaban J connectivity index is 1.90. The summed E-state index contributed by atoms with van der Waals surface area (Å²) < 4.78 is 0. The zero-order valence-corrected chi connectivity index (χ0v) is 10.5. The molecule has 1 aromatic carbocycles. The molecule has 1 fully saturated rings. The van der Waals surface area contributed by atoms with Gasteiger partial charge in [-0.2, -0.15) is 0 Å². The second-order valence-corrected chi connectivity index (χ2v) is 5.15. The normalized spacial score (nSPS) is 23.0. The molecule has 4 heteroatoms. The summed E-state index contributed by atoms with van der Waals surface area (Å²) in [5.74, 6) is 0.311. The summed E-state index contributed by atoms with van der Waals surface area (Å²) in [4.78, 5) is 11.8. The molecular formula is C13H16ClNO2. The van der Waals surface area contributed by atoms with Crippen LogP contribution in [0.15, 0.2) is 18.2 Å². The lowest BCUT2D eigenvalue weighted by atomic mass is 9.82. The molecular weight excluding hydrogens is 238 g/mol. The molecule has 0 bridgehead atoms. The molecule has 0 spiro atoms. The highest BCUT2D eigenvalue weighted by Gasteiger charge is 2.27. The Hall–Kier alpha value is -1.06. The monoisotopic (exact) mass is 253 g/mol. The largest absolute Gasteiger partial charge is 0.393 e. The van der Waals surface area contributed by atoms with Gasteiger partial charge in [-0.15, -0.1) is 0 Å². The van der Waals surface area contributed by atoms with Crippen LogP contribution in [0.5, 0.6) is 0 Å². The van der Waals surface area contributed by atoms with Crippen LogP contribution < -0.4 is 5.32 Å². The van der Waals surface area contributed by atoms with Crippen molar-refractivity contribution in [1.29, 1.82) is 0 Å². The highest BCUT2D eigenvalue weighted by atomic mass is 35.5. The molecule has 1 saturated carbocycles. The third-order valence-electron chi connectivity index (χ3n) is 3.07. The van der Waals surface area contributed by atoms with Gasteiger partial charge >= 0.3 is 0 Å². The van der Waals surface area contributed by atoms with Crippen LogP contribution in [0.4, 0.5) is 0 Å². The number of benzene rings is 1. The fourth-order valence-electron chi connectivity index (χ4n) is 2.07. The molecule has 1 aliphatic carbocycles. The van der Waals surface area contributed by atoms with Crippen molar-refractivity contribution in [3.05, 3.63) is 34.3 Å². The number of aliphatic hydroxyl groups excluding tert-OH is 1. The van der Waals surface area contributed by atoms with Gasteiger partial charge in [0, 0.05) is 17.1 Å². The molecule has 92 valence electrons. The number of carbonyl (C=O) groups excluding carboxylic acids is 1. The van der Waals surface area contributed by atoms with Crippen molar-refractivity contribution in [2.45, 2.75) is 25.9 Å². The molecule has 0 heterocycles. The van der Waals surface area contributed by atoms with E-state index in [1.165, 1.54) is 0 Å². The van der Waals surface area contributed by atoms with E-state index in [1.54, 1.807) is 6.07 Å². The second-order valence-electron chi connectivity index (χ2n) is 4.72. The number of carbonyl (C=O) groups is 1. The number of hydrogen-bond donors (Lipinski definition) is 2. The maximum Gasteiger partial charge on any atom is 0.251 e. The Bertz CT molecular complexity index is 407. The van der Waals surface area contributed by atoms with Crippen LogP contribution in [0, 0.1) is 12.8 Å². The summed E-state index contributed by atoms with van der Waals surface area (Å²) in [6, 6.07) is 5.30. The Morgan fingerprint density at radius 1 is 1.47 bits per heavy atom. The second kappa shape index (κ2) is 5.07. The summed E-state index contributed by atoms with van der Waals surface area (Å²) in [6.07, 6.45) is 1.40. The molecule has 0 saturated heterocycles. The first-order valence-electron chi connectivity index (χ1n) is 5.78. The lowest BCUT2D eigenvalue weighted by Gasteiger charge is -2.31. The maximum absolute atomic E-state index is 11.8. The van der Waals surface area contributed by atoms with Crippen LogP contribution in [0.1, 0.15) is 28.8 Å². The van der Waals surface area contributed by atoms with E-state index in [2.05, 4.69) is 5.32 Å². The quantitative estimate of drug-likeness (QED) is 0.867. The highest BCUT2D eigenvalue weighted by molar-refractivity contribution is 6.31. The molecule has 1 amide bonds. The van der Waals surface area contributed by atoms with Gasteiger partial charge < -0.3 is 10.4 Å². The number of hydrogen-bond acceptors (Lipinski definition) is 2. The van der Waals surface area contributed by atoms with Crippen LogP contribution in [0.2, 0.25) is 5.02 Å². The Labute approximate surface area is 106 Å². The molecule has 1 aliphatic rings. The minimum absolute atomic E-state index is 0.100. The molecule has 3 nitrogen and oxygen atoms in total. The molecule has 2 rings (SSSR count). The van der Waals surface area contributed by atoms with Crippen molar-refractivity contribution in [3.8, 4) is 0 Å². The summed E-state index contributed by atoms with van der Waals surface area (Å²) in [5, 5.41) is 12.6. The van der Waals surface area contributed by atoms with Crippen molar-refractivity contribution in [2.75, 3.05) is 6.54 Å². The molecule has 0 aliphatic heterocycles. The lowest BCUT2D eigenvalue weighted by Crippen LogP contribution is -2.38. The third kappa shape index (κ3) is 3.20. The van der Waals surface area contributed by atoms with Crippen molar-refractivity contribution in [2.24, 2.45) is 5.92 Å². The van der Waals surface area contributed by atoms with E-state index in [4.69, 9.17) is 16.7 Å². The number of aliphatic hydroxyl groups is 1. The van der Waals surface area contributed by atoms with E-state index >= 15 is 0 Å². The average molecular weight is 254 g/mol. The Morgan fingerprint density at radius 3 is 2.76 bits per heavy atom. The first-order valence-corrected chi connectivity index (χ1v) is 6.16. The van der Waals surface area contributed by atoms with Gasteiger partial charge in [0.15, 0.2) is 0 Å². The average Bonchev–Trinajstić information content (AvgIpc) is 2.21. The predicted octanol–water partition coefficient (Wildman–Crippen LogP) is 2.15. The van der Waals surface area contributed by atoms with E-state index < -0.39 is 0 Å². The zero-order valence-electron chi connectivity index (χ0n) is 9.74. The van der Waals surface area contributed by atoms with E-state index in [1.807, 2.05) is 19.1 Å². The summed E-state index contributed by atoms with van der Waals surface area (Å²) in [5.41, 5.74) is 1.57. The topological polar surface area (TPSA) is 49.3 Å². The predicted molar refractivity (Wildman–Crippen MR) is 67.3 cm³/mol. The van der Waals surface area contributed by atoms with Crippen molar-refractivity contribution in [1.82, 2.24) is 5.32 Å². The van der Waals surface area contributed by atoms with Gasteiger partial charge in [0.05, 0.1) is 6.10 Å². The standard InChI is InChI=1S/C13H16ClNO2/c1-8-2-10(6-11(14)3-8)13(17)15-7-9-4-12(16)5-9/h2-3,6,9,12,16H,4-5,7H2,1H3,(H,15,17). The van der Waals surface area contributed by atoms with Gasteiger partial charge in [0.2, 0.25) is 0 Å². The fourth-order valence-corrected chi connectivity index (χ4v) is 2.36. The maximum atomic E-state index is 11.8. The van der Waals surface area contributed by atoms with Crippen molar-refractivity contribution in [3.63, 3.8) is 0 Å². The van der Waals surface area contributed by atoms with Gasteiger partial charge in [0.25, 0.3) is 5.91 Å². The first-order chi connectivity index (χ1) is 8.04. The fraction of sp³-hybridized carbons (Fsp3) is 0.462. The molecule has 0 aromatic heterocycles. The van der Waals surface area contributed by atoms with E-state index in [9.17, 15) is 4.79 Å². The zero-order chi connectivity index (χ0) is 12.4.